The molecule has 3 rings (SSSR count). The third kappa shape index (κ3) is 2.89. The van der Waals surface area contributed by atoms with Gasteiger partial charge in [0, 0.05) is 24.2 Å². The lowest BCUT2D eigenvalue weighted by atomic mass is 10.3. The van der Waals surface area contributed by atoms with Gasteiger partial charge in [-0.15, -0.1) is 16.4 Å². The highest BCUT2D eigenvalue weighted by Gasteiger charge is 2.07. The van der Waals surface area contributed by atoms with Crippen molar-refractivity contribution >= 4 is 11.3 Å². The van der Waals surface area contributed by atoms with Crippen LogP contribution in [0, 0.1) is 0 Å². The van der Waals surface area contributed by atoms with Crippen molar-refractivity contribution in [3.8, 4) is 10.7 Å². The molecule has 3 aromatic heterocycles. The Kier molecular flexibility index (Phi) is 3.80. The second-order valence-corrected chi connectivity index (χ2v) is 5.16. The van der Waals surface area contributed by atoms with Crippen LogP contribution in [0.5, 0.6) is 0 Å². The Morgan fingerprint density at radius 1 is 1.25 bits per heavy atom. The molecule has 3 aromatic rings. The molecule has 0 aliphatic carbocycles. The fourth-order valence-corrected chi connectivity index (χ4v) is 2.62. The van der Waals surface area contributed by atoms with Gasteiger partial charge in [0.1, 0.15) is 5.01 Å². The minimum atomic E-state index is 0.583. The van der Waals surface area contributed by atoms with Crippen LogP contribution in [0.15, 0.2) is 36.0 Å². The molecule has 0 fully saturated rings. The van der Waals surface area contributed by atoms with Gasteiger partial charge in [0.05, 0.1) is 23.6 Å². The minimum absolute atomic E-state index is 0.583. The molecule has 3 heterocycles. The van der Waals surface area contributed by atoms with Crippen LogP contribution < -0.4 is 5.73 Å². The van der Waals surface area contributed by atoms with Crippen LogP contribution in [0.3, 0.4) is 0 Å². The molecule has 0 atom stereocenters. The summed E-state index contributed by atoms with van der Waals surface area (Å²) in [4.78, 5) is 8.87. The van der Waals surface area contributed by atoms with Gasteiger partial charge in [-0.2, -0.15) is 0 Å². The number of pyridine rings is 1. The van der Waals surface area contributed by atoms with Gasteiger partial charge in [-0.1, -0.05) is 11.3 Å². The molecule has 0 saturated heterocycles. The van der Waals surface area contributed by atoms with Gasteiger partial charge < -0.3 is 5.73 Å². The summed E-state index contributed by atoms with van der Waals surface area (Å²) in [6, 6.07) is 5.81. The summed E-state index contributed by atoms with van der Waals surface area (Å²) in [6.45, 7) is 1.19. The fourth-order valence-electron chi connectivity index (χ4n) is 1.83. The average Bonchev–Trinajstić information content (AvgIpc) is 3.11. The lowest BCUT2D eigenvalue weighted by Gasteiger charge is -1.96. The van der Waals surface area contributed by atoms with E-state index in [4.69, 9.17) is 5.73 Å². The van der Waals surface area contributed by atoms with Crippen LogP contribution in [0.4, 0.5) is 0 Å². The molecule has 6 nitrogen and oxygen atoms in total. The van der Waals surface area contributed by atoms with Gasteiger partial charge in [0.2, 0.25) is 0 Å². The highest BCUT2D eigenvalue weighted by atomic mass is 32.1. The number of nitrogens with two attached hydrogens (primary N) is 1. The minimum Gasteiger partial charge on any atom is -0.330 e. The van der Waals surface area contributed by atoms with Crippen LogP contribution >= 0.6 is 11.3 Å². The predicted molar refractivity (Wildman–Crippen MR) is 77.2 cm³/mol. The standard InChI is InChI=1S/C13H14N6S/c14-5-4-10-7-19(18-17-10)8-11-9-20-13(16-11)12-3-1-2-6-15-12/h1-3,6-7,9H,4-5,8,14H2. The van der Waals surface area contributed by atoms with E-state index in [9.17, 15) is 0 Å². The molecule has 0 aliphatic rings. The Morgan fingerprint density at radius 2 is 2.20 bits per heavy atom. The van der Waals surface area contributed by atoms with Gasteiger partial charge in [-0.05, 0) is 18.7 Å². The number of aromatic nitrogens is 5. The van der Waals surface area contributed by atoms with Gasteiger partial charge in [-0.25, -0.2) is 9.67 Å². The second kappa shape index (κ2) is 5.89. The van der Waals surface area contributed by atoms with E-state index < -0.39 is 0 Å². The first kappa shape index (κ1) is 12.9. The zero-order valence-corrected chi connectivity index (χ0v) is 11.6. The first-order valence-electron chi connectivity index (χ1n) is 6.30. The van der Waals surface area contributed by atoms with E-state index in [1.54, 1.807) is 22.2 Å². The third-order valence-electron chi connectivity index (χ3n) is 2.75. The van der Waals surface area contributed by atoms with Gasteiger partial charge >= 0.3 is 0 Å². The maximum absolute atomic E-state index is 5.50. The second-order valence-electron chi connectivity index (χ2n) is 4.31. The molecule has 0 amide bonds. The van der Waals surface area contributed by atoms with Crippen molar-refractivity contribution in [3.63, 3.8) is 0 Å². The van der Waals surface area contributed by atoms with E-state index >= 15 is 0 Å². The lowest BCUT2D eigenvalue weighted by molar-refractivity contribution is 0.641. The molecule has 102 valence electrons. The van der Waals surface area contributed by atoms with Crippen LogP contribution in [0.1, 0.15) is 11.4 Å². The molecule has 0 radical (unpaired) electrons. The molecular formula is C13H14N6S. The Morgan fingerprint density at radius 3 is 3.00 bits per heavy atom. The first-order chi connectivity index (χ1) is 9.85. The zero-order valence-electron chi connectivity index (χ0n) is 10.8. The maximum Gasteiger partial charge on any atom is 0.142 e. The lowest BCUT2D eigenvalue weighted by Crippen LogP contribution is -2.03. The van der Waals surface area contributed by atoms with Crippen LogP contribution in [0.25, 0.3) is 10.7 Å². The molecule has 0 saturated carbocycles. The summed E-state index contributed by atoms with van der Waals surface area (Å²) in [5, 5.41) is 11.1. The fraction of sp³-hybridized carbons (Fsp3) is 0.231. The van der Waals surface area contributed by atoms with Crippen LogP contribution in [-0.4, -0.2) is 31.5 Å². The summed E-state index contributed by atoms with van der Waals surface area (Å²) >= 11 is 1.58. The highest BCUT2D eigenvalue weighted by Crippen LogP contribution is 2.21. The number of hydrogen-bond acceptors (Lipinski definition) is 6. The topological polar surface area (TPSA) is 82.5 Å². The summed E-state index contributed by atoms with van der Waals surface area (Å²) in [6.07, 6.45) is 4.43. The Balaban J connectivity index is 1.73. The molecule has 0 aromatic carbocycles. The molecular weight excluding hydrogens is 272 g/mol. The summed E-state index contributed by atoms with van der Waals surface area (Å²) < 4.78 is 1.78. The molecule has 0 aliphatic heterocycles. The van der Waals surface area contributed by atoms with Crippen molar-refractivity contribution < 1.29 is 0 Å². The van der Waals surface area contributed by atoms with Gasteiger partial charge in [0.15, 0.2) is 0 Å². The van der Waals surface area contributed by atoms with E-state index in [1.807, 2.05) is 29.8 Å². The molecule has 0 unspecified atom stereocenters. The van der Waals surface area contributed by atoms with Crippen molar-refractivity contribution in [2.24, 2.45) is 5.73 Å². The summed E-state index contributed by atoms with van der Waals surface area (Å²) in [5.41, 5.74) is 8.26. The SMILES string of the molecule is NCCc1cn(Cc2csc(-c3ccccn3)n2)nn1. The van der Waals surface area contributed by atoms with Crippen LogP contribution in [0.2, 0.25) is 0 Å². The Bertz CT molecular complexity index is 675. The van der Waals surface area contributed by atoms with Gasteiger partial charge in [-0.3, -0.25) is 4.98 Å². The predicted octanol–water partition coefficient (Wildman–Crippen LogP) is 1.35. The maximum atomic E-state index is 5.50. The van der Waals surface area contributed by atoms with E-state index in [0.29, 0.717) is 13.1 Å². The van der Waals surface area contributed by atoms with Gasteiger partial charge in [0.25, 0.3) is 0 Å². The molecule has 2 N–H and O–H groups in total. The summed E-state index contributed by atoms with van der Waals surface area (Å²) in [7, 11) is 0. The Hall–Kier alpha value is -2.12. The monoisotopic (exact) mass is 286 g/mol. The van der Waals surface area contributed by atoms with Crippen molar-refractivity contribution in [1.29, 1.82) is 0 Å². The highest BCUT2D eigenvalue weighted by molar-refractivity contribution is 7.13. The smallest absolute Gasteiger partial charge is 0.142 e. The third-order valence-corrected chi connectivity index (χ3v) is 3.66. The van der Waals surface area contributed by atoms with E-state index in [-0.39, 0.29) is 0 Å². The molecule has 0 spiro atoms. The largest absolute Gasteiger partial charge is 0.330 e. The number of nitrogens with zero attached hydrogens (tertiary/aromatic N) is 5. The van der Waals surface area contributed by atoms with Crippen LogP contribution in [-0.2, 0) is 13.0 Å². The first-order valence-corrected chi connectivity index (χ1v) is 7.18. The quantitative estimate of drug-likeness (QED) is 0.765. The van der Waals surface area contributed by atoms with Crippen molar-refractivity contribution in [1.82, 2.24) is 25.0 Å². The number of rotatable bonds is 5. The molecule has 0 bridgehead atoms. The number of hydrogen-bond donors (Lipinski definition) is 1. The average molecular weight is 286 g/mol. The van der Waals surface area contributed by atoms with E-state index in [1.165, 1.54) is 0 Å². The van der Waals surface area contributed by atoms with E-state index in [2.05, 4.69) is 20.3 Å². The molecule has 7 heteroatoms. The van der Waals surface area contributed by atoms with Crippen molar-refractivity contribution in [2.75, 3.05) is 6.54 Å². The van der Waals surface area contributed by atoms with E-state index in [0.717, 1.165) is 28.5 Å². The zero-order chi connectivity index (χ0) is 13.8. The van der Waals surface area contributed by atoms with Crippen molar-refractivity contribution in [3.05, 3.63) is 47.4 Å². The summed E-state index contributed by atoms with van der Waals surface area (Å²) in [5.74, 6) is 0. The van der Waals surface area contributed by atoms with Crippen molar-refractivity contribution in [2.45, 2.75) is 13.0 Å². The normalized spacial score (nSPS) is 10.8. The Labute approximate surface area is 120 Å². The molecule has 20 heavy (non-hydrogen) atoms. The number of thiazole rings is 1.